The Hall–Kier alpha value is -2.69. The van der Waals surface area contributed by atoms with E-state index in [4.69, 9.17) is 4.74 Å². The van der Waals surface area contributed by atoms with Crippen molar-refractivity contribution in [1.82, 2.24) is 0 Å². The summed E-state index contributed by atoms with van der Waals surface area (Å²) in [5.41, 5.74) is 0.227. The van der Waals surface area contributed by atoms with Crippen LogP contribution in [0.2, 0.25) is 0 Å². The van der Waals surface area contributed by atoms with Gasteiger partial charge in [0.1, 0.15) is 5.56 Å². The Morgan fingerprint density at radius 2 is 1.83 bits per heavy atom. The van der Waals surface area contributed by atoms with Gasteiger partial charge in [-0.2, -0.15) is 0 Å². The molecule has 0 radical (unpaired) electrons. The smallest absolute Gasteiger partial charge is 0.326 e. The van der Waals surface area contributed by atoms with E-state index in [9.17, 15) is 14.9 Å². The van der Waals surface area contributed by atoms with Crippen molar-refractivity contribution in [2.24, 2.45) is 0 Å². The van der Waals surface area contributed by atoms with Crippen molar-refractivity contribution >= 4 is 11.5 Å². The zero-order valence-electron chi connectivity index (χ0n) is 9.12. The zero-order valence-corrected chi connectivity index (χ0v) is 9.12. The van der Waals surface area contributed by atoms with Crippen LogP contribution < -0.4 is 4.74 Å². The maximum Gasteiger partial charge on any atom is 0.326 e. The number of ether oxygens (including phenoxy) is 1. The van der Waals surface area contributed by atoms with Crippen LogP contribution >= 0.6 is 0 Å². The minimum absolute atomic E-state index is 0.0578. The molecular weight excluding hydrogens is 234 g/mol. The van der Waals surface area contributed by atoms with E-state index in [2.05, 4.69) is 0 Å². The van der Waals surface area contributed by atoms with Crippen molar-refractivity contribution in [2.75, 3.05) is 0 Å². The van der Waals surface area contributed by atoms with E-state index in [1.54, 1.807) is 36.4 Å². The molecule has 2 aromatic rings. The number of nitrogens with zero attached hydrogens (tertiary/aromatic N) is 1. The third-order valence-electron chi connectivity index (χ3n) is 2.73. The van der Waals surface area contributed by atoms with Gasteiger partial charge in [-0.25, -0.2) is 0 Å². The van der Waals surface area contributed by atoms with Crippen molar-refractivity contribution < 1.29 is 14.5 Å². The number of hydrogen-bond donors (Lipinski definition) is 0. The molecule has 0 amide bonds. The quantitative estimate of drug-likeness (QED) is 0.306. The van der Waals surface area contributed by atoms with Crippen molar-refractivity contribution in [1.29, 1.82) is 0 Å². The maximum atomic E-state index is 12.2. The molecule has 88 valence electrons. The third kappa shape index (κ3) is 1.53. The SMILES string of the molecule is O=C(c1ccccc1)c1ccc2c(c1[N+](=O)[O-])O2. The monoisotopic (exact) mass is 241 g/mol. The van der Waals surface area contributed by atoms with Crippen LogP contribution in [-0.4, -0.2) is 10.7 Å². The van der Waals surface area contributed by atoms with Gasteiger partial charge in [-0.1, -0.05) is 30.3 Å². The number of carbonyl (C=O) groups excluding carboxylic acids is 1. The summed E-state index contributed by atoms with van der Waals surface area (Å²) >= 11 is 0. The summed E-state index contributed by atoms with van der Waals surface area (Å²) in [6, 6.07) is 11.4. The first kappa shape index (κ1) is 10.5. The van der Waals surface area contributed by atoms with E-state index in [0.717, 1.165) is 0 Å². The van der Waals surface area contributed by atoms with Gasteiger partial charge in [-0.3, -0.25) is 14.9 Å². The molecule has 0 bridgehead atoms. The van der Waals surface area contributed by atoms with Gasteiger partial charge in [0.2, 0.25) is 5.75 Å². The molecule has 3 rings (SSSR count). The second-order valence-corrected chi connectivity index (χ2v) is 3.84. The maximum absolute atomic E-state index is 12.2. The molecule has 1 heterocycles. The number of hydrogen-bond acceptors (Lipinski definition) is 4. The molecule has 0 fully saturated rings. The lowest BCUT2D eigenvalue weighted by molar-refractivity contribution is -0.384. The summed E-state index contributed by atoms with van der Waals surface area (Å²) in [4.78, 5) is 22.6. The highest BCUT2D eigenvalue weighted by atomic mass is 16.6. The van der Waals surface area contributed by atoms with Gasteiger partial charge in [0, 0.05) is 5.56 Å². The molecule has 2 aromatic carbocycles. The van der Waals surface area contributed by atoms with Gasteiger partial charge >= 0.3 is 5.69 Å². The first-order valence-corrected chi connectivity index (χ1v) is 5.27. The lowest BCUT2D eigenvalue weighted by atomic mass is 10.0. The minimum Gasteiger partial charge on any atom is -0.442 e. The second kappa shape index (κ2) is 3.66. The lowest BCUT2D eigenvalue weighted by Gasteiger charge is -2.00. The van der Waals surface area contributed by atoms with Gasteiger partial charge in [0.15, 0.2) is 11.5 Å². The molecular formula is C13H7NO4. The number of nitro groups is 1. The Kier molecular flexibility index (Phi) is 2.13. The highest BCUT2D eigenvalue weighted by molar-refractivity contribution is 6.12. The molecule has 18 heavy (non-hydrogen) atoms. The average molecular weight is 241 g/mol. The third-order valence-corrected chi connectivity index (χ3v) is 2.73. The lowest BCUT2D eigenvalue weighted by Crippen LogP contribution is -2.04. The summed E-state index contributed by atoms with van der Waals surface area (Å²) in [6.45, 7) is 0. The second-order valence-electron chi connectivity index (χ2n) is 3.84. The number of rotatable bonds is 3. The number of carbonyl (C=O) groups is 1. The number of benzene rings is 2. The highest BCUT2D eigenvalue weighted by Gasteiger charge is 2.37. The predicted octanol–water partition coefficient (Wildman–Crippen LogP) is 2.93. The molecule has 5 nitrogen and oxygen atoms in total. The van der Waals surface area contributed by atoms with Crippen LogP contribution in [0, 0.1) is 10.1 Å². The molecule has 0 aliphatic carbocycles. The van der Waals surface area contributed by atoms with Crippen LogP contribution in [0.3, 0.4) is 0 Å². The van der Waals surface area contributed by atoms with Gasteiger partial charge in [-0.05, 0) is 12.1 Å². The fraction of sp³-hybridized carbons (Fsp3) is 0. The van der Waals surface area contributed by atoms with Crippen molar-refractivity contribution in [3.05, 3.63) is 63.7 Å². The molecule has 0 aromatic heterocycles. The van der Waals surface area contributed by atoms with E-state index in [1.807, 2.05) is 0 Å². The zero-order chi connectivity index (χ0) is 12.7. The van der Waals surface area contributed by atoms with Crippen LogP contribution in [0.15, 0.2) is 42.5 Å². The summed E-state index contributed by atoms with van der Waals surface area (Å²) in [5.74, 6) is 0.286. The number of nitro benzene ring substituents is 1. The summed E-state index contributed by atoms with van der Waals surface area (Å²) in [7, 11) is 0. The van der Waals surface area contributed by atoms with E-state index in [-0.39, 0.29) is 22.8 Å². The molecule has 0 N–H and O–H groups in total. The molecule has 0 spiro atoms. The van der Waals surface area contributed by atoms with Gasteiger partial charge in [-0.15, -0.1) is 0 Å². The molecule has 0 atom stereocenters. The predicted molar refractivity (Wildman–Crippen MR) is 63.0 cm³/mol. The van der Waals surface area contributed by atoms with Crippen LogP contribution in [0.5, 0.6) is 11.5 Å². The van der Waals surface area contributed by atoms with Gasteiger partial charge < -0.3 is 4.74 Å². The van der Waals surface area contributed by atoms with Crippen molar-refractivity contribution in [3.8, 4) is 11.5 Å². The summed E-state index contributed by atoms with van der Waals surface area (Å²) in [6.07, 6.45) is 0. The molecule has 0 unspecified atom stereocenters. The number of fused-ring (bicyclic) bond motifs is 1. The molecule has 1 aliphatic rings. The average Bonchev–Trinajstić information content (AvgIpc) is 3.16. The van der Waals surface area contributed by atoms with Crippen LogP contribution in [-0.2, 0) is 0 Å². The molecule has 0 saturated carbocycles. The van der Waals surface area contributed by atoms with Crippen molar-refractivity contribution in [2.45, 2.75) is 0 Å². The van der Waals surface area contributed by atoms with Crippen LogP contribution in [0.25, 0.3) is 0 Å². The topological polar surface area (TPSA) is 72.7 Å². The van der Waals surface area contributed by atoms with Crippen molar-refractivity contribution in [3.63, 3.8) is 0 Å². The Morgan fingerprint density at radius 1 is 1.11 bits per heavy atom. The minimum atomic E-state index is -0.581. The summed E-state index contributed by atoms with van der Waals surface area (Å²) in [5, 5.41) is 11.0. The molecule has 5 heteroatoms. The first-order valence-electron chi connectivity index (χ1n) is 5.27. The van der Waals surface area contributed by atoms with Crippen LogP contribution in [0.1, 0.15) is 15.9 Å². The summed E-state index contributed by atoms with van der Waals surface area (Å²) < 4.78 is 4.96. The van der Waals surface area contributed by atoms with Gasteiger partial charge in [0.05, 0.1) is 4.92 Å². The van der Waals surface area contributed by atoms with Crippen LogP contribution in [0.4, 0.5) is 5.69 Å². The van der Waals surface area contributed by atoms with E-state index >= 15 is 0 Å². The number of ketones is 1. The fourth-order valence-electron chi connectivity index (χ4n) is 1.83. The van der Waals surface area contributed by atoms with E-state index in [1.165, 1.54) is 6.07 Å². The Morgan fingerprint density at radius 3 is 2.50 bits per heavy atom. The van der Waals surface area contributed by atoms with Gasteiger partial charge in [0.25, 0.3) is 0 Å². The Bertz CT molecular complexity index is 664. The Labute approximate surface area is 102 Å². The molecule has 0 saturated heterocycles. The largest absolute Gasteiger partial charge is 0.442 e. The van der Waals surface area contributed by atoms with E-state index in [0.29, 0.717) is 11.3 Å². The first-order chi connectivity index (χ1) is 8.68. The Balaban J connectivity index is 2.12. The normalized spacial score (nSPS) is 11.3. The standard InChI is InChI=1S/C13H7NO4/c15-12(8-4-2-1-3-5-8)9-6-7-10-13(18-10)11(9)14(16)17/h1-7H. The fourth-order valence-corrected chi connectivity index (χ4v) is 1.83. The van der Waals surface area contributed by atoms with E-state index < -0.39 is 4.92 Å². The molecule has 1 aliphatic heterocycles. The highest BCUT2D eigenvalue weighted by Crippen LogP contribution is 2.53.